The molecule has 2 heterocycles. The number of anilines is 2. The van der Waals surface area contributed by atoms with Crippen molar-refractivity contribution in [2.75, 3.05) is 22.1 Å². The van der Waals surface area contributed by atoms with Crippen molar-refractivity contribution in [2.24, 2.45) is 5.92 Å². The summed E-state index contributed by atoms with van der Waals surface area (Å²) in [7, 11) is -2.91. The highest BCUT2D eigenvalue weighted by atomic mass is 32.2. The summed E-state index contributed by atoms with van der Waals surface area (Å²) in [4.78, 5) is 11.8. The third kappa shape index (κ3) is 3.49. The van der Waals surface area contributed by atoms with E-state index in [1.54, 1.807) is 12.1 Å². The first-order valence-corrected chi connectivity index (χ1v) is 8.95. The van der Waals surface area contributed by atoms with Gasteiger partial charge in [0.1, 0.15) is 5.82 Å². The van der Waals surface area contributed by atoms with Gasteiger partial charge in [-0.3, -0.25) is 4.79 Å². The van der Waals surface area contributed by atoms with Gasteiger partial charge in [-0.25, -0.2) is 8.42 Å². The molecular weight excluding hydrogens is 292 g/mol. The predicted octanol–water partition coefficient (Wildman–Crippen LogP) is 0.814. The maximum atomic E-state index is 11.8. The first kappa shape index (κ1) is 14.2. The topological polar surface area (TPSA) is 101 Å². The lowest BCUT2D eigenvalue weighted by Crippen LogP contribution is -2.28. The fourth-order valence-corrected chi connectivity index (χ4v) is 4.17. The van der Waals surface area contributed by atoms with Gasteiger partial charge in [0.25, 0.3) is 0 Å². The van der Waals surface area contributed by atoms with Crippen LogP contribution in [-0.4, -0.2) is 42.1 Å². The number of carbonyl (C=O) groups is 1. The molecular formula is C13H18N4O3S. The van der Waals surface area contributed by atoms with Gasteiger partial charge < -0.3 is 10.6 Å². The summed E-state index contributed by atoms with van der Waals surface area (Å²) in [6, 6.07) is 3.27. The zero-order valence-corrected chi connectivity index (χ0v) is 12.4. The highest BCUT2D eigenvalue weighted by Crippen LogP contribution is 2.27. The quantitative estimate of drug-likeness (QED) is 0.853. The second kappa shape index (κ2) is 5.59. The minimum atomic E-state index is -2.91. The van der Waals surface area contributed by atoms with Crippen molar-refractivity contribution in [3.63, 3.8) is 0 Å². The van der Waals surface area contributed by atoms with Crippen LogP contribution in [0.5, 0.6) is 0 Å². The van der Waals surface area contributed by atoms with Gasteiger partial charge in [0.05, 0.1) is 11.5 Å². The summed E-state index contributed by atoms with van der Waals surface area (Å²) >= 11 is 0. The second-order valence-electron chi connectivity index (χ2n) is 5.67. The first-order valence-electron chi connectivity index (χ1n) is 7.13. The third-order valence-electron chi connectivity index (χ3n) is 3.98. The molecule has 1 saturated carbocycles. The molecule has 0 radical (unpaired) electrons. The Labute approximate surface area is 123 Å². The molecule has 1 aromatic rings. The molecule has 1 aromatic heterocycles. The molecule has 1 aliphatic heterocycles. The molecule has 2 fully saturated rings. The predicted molar refractivity (Wildman–Crippen MR) is 78.7 cm³/mol. The van der Waals surface area contributed by atoms with E-state index in [0.29, 0.717) is 18.1 Å². The Morgan fingerprint density at radius 1 is 1.14 bits per heavy atom. The largest absolute Gasteiger partial charge is 0.365 e. The molecule has 1 aliphatic carbocycles. The normalized spacial score (nSPS) is 24.3. The summed E-state index contributed by atoms with van der Waals surface area (Å²) in [6.45, 7) is 0. The van der Waals surface area contributed by atoms with E-state index >= 15 is 0 Å². The average Bonchev–Trinajstić information content (AvgIpc) is 2.69. The van der Waals surface area contributed by atoms with Crippen LogP contribution in [0.15, 0.2) is 12.1 Å². The number of aromatic nitrogens is 2. The van der Waals surface area contributed by atoms with E-state index in [1.807, 2.05) is 0 Å². The molecule has 1 unspecified atom stereocenters. The van der Waals surface area contributed by atoms with Crippen molar-refractivity contribution in [3.05, 3.63) is 12.1 Å². The van der Waals surface area contributed by atoms with Gasteiger partial charge in [-0.05, 0) is 31.4 Å². The van der Waals surface area contributed by atoms with Gasteiger partial charge in [-0.15, -0.1) is 10.2 Å². The molecule has 0 spiro atoms. The van der Waals surface area contributed by atoms with Crippen LogP contribution in [0.25, 0.3) is 0 Å². The summed E-state index contributed by atoms with van der Waals surface area (Å²) in [5.74, 6) is 1.41. The van der Waals surface area contributed by atoms with E-state index in [0.717, 1.165) is 19.3 Å². The SMILES string of the molecule is O=C(Nc1ccc(NC2CCS(=O)(=O)C2)nn1)C1CCC1. The van der Waals surface area contributed by atoms with Crippen molar-refractivity contribution in [2.45, 2.75) is 31.7 Å². The molecule has 2 aliphatic rings. The average molecular weight is 310 g/mol. The Hall–Kier alpha value is -1.70. The lowest BCUT2D eigenvalue weighted by atomic mass is 9.85. The van der Waals surface area contributed by atoms with Crippen LogP contribution in [-0.2, 0) is 14.6 Å². The lowest BCUT2D eigenvalue weighted by molar-refractivity contribution is -0.122. The smallest absolute Gasteiger partial charge is 0.228 e. The van der Waals surface area contributed by atoms with Crippen molar-refractivity contribution in [1.29, 1.82) is 0 Å². The number of hydrogen-bond donors (Lipinski definition) is 2. The maximum Gasteiger partial charge on any atom is 0.228 e. The minimum Gasteiger partial charge on any atom is -0.365 e. The van der Waals surface area contributed by atoms with Crippen molar-refractivity contribution in [3.8, 4) is 0 Å². The van der Waals surface area contributed by atoms with E-state index in [9.17, 15) is 13.2 Å². The van der Waals surface area contributed by atoms with E-state index < -0.39 is 9.84 Å². The Bertz CT molecular complexity index is 625. The fourth-order valence-electron chi connectivity index (χ4n) is 2.49. The molecule has 3 rings (SSSR count). The summed E-state index contributed by atoms with van der Waals surface area (Å²) in [5.41, 5.74) is 0. The zero-order valence-electron chi connectivity index (χ0n) is 11.6. The van der Waals surface area contributed by atoms with Crippen LogP contribution in [0.2, 0.25) is 0 Å². The molecule has 7 nitrogen and oxygen atoms in total. The van der Waals surface area contributed by atoms with E-state index in [-0.39, 0.29) is 29.4 Å². The molecule has 0 bridgehead atoms. The minimum absolute atomic E-state index is 0.00172. The molecule has 21 heavy (non-hydrogen) atoms. The van der Waals surface area contributed by atoms with Gasteiger partial charge in [0, 0.05) is 12.0 Å². The van der Waals surface area contributed by atoms with Crippen LogP contribution < -0.4 is 10.6 Å². The van der Waals surface area contributed by atoms with Gasteiger partial charge in [0.2, 0.25) is 5.91 Å². The number of sulfone groups is 1. The Morgan fingerprint density at radius 3 is 2.38 bits per heavy atom. The number of nitrogens with one attached hydrogen (secondary N) is 2. The number of hydrogen-bond acceptors (Lipinski definition) is 6. The summed E-state index contributed by atoms with van der Waals surface area (Å²) in [6.07, 6.45) is 3.57. The molecule has 2 N–H and O–H groups in total. The van der Waals surface area contributed by atoms with E-state index in [4.69, 9.17) is 0 Å². The molecule has 1 atom stereocenters. The summed E-state index contributed by atoms with van der Waals surface area (Å²) < 4.78 is 22.8. The highest BCUT2D eigenvalue weighted by Gasteiger charge is 2.28. The molecule has 0 aromatic carbocycles. The monoisotopic (exact) mass is 310 g/mol. The van der Waals surface area contributed by atoms with Crippen LogP contribution in [0.3, 0.4) is 0 Å². The van der Waals surface area contributed by atoms with Crippen LogP contribution in [0.1, 0.15) is 25.7 Å². The Balaban J connectivity index is 1.55. The molecule has 1 saturated heterocycles. The van der Waals surface area contributed by atoms with E-state index in [2.05, 4.69) is 20.8 Å². The number of carbonyl (C=O) groups excluding carboxylic acids is 1. The van der Waals surface area contributed by atoms with Crippen LogP contribution >= 0.6 is 0 Å². The van der Waals surface area contributed by atoms with Gasteiger partial charge in [-0.2, -0.15) is 0 Å². The Kier molecular flexibility index (Phi) is 3.79. The molecule has 114 valence electrons. The number of rotatable bonds is 4. The van der Waals surface area contributed by atoms with Gasteiger partial charge in [-0.1, -0.05) is 6.42 Å². The van der Waals surface area contributed by atoms with Gasteiger partial charge >= 0.3 is 0 Å². The standard InChI is InChI=1S/C13H18N4O3S/c18-13(9-2-1-3-9)15-12-5-4-11(16-17-12)14-10-6-7-21(19,20)8-10/h4-5,9-10H,1-3,6-8H2,(H,14,16)(H,15,17,18). The lowest BCUT2D eigenvalue weighted by Gasteiger charge is -2.23. The van der Waals surface area contributed by atoms with Crippen LogP contribution in [0, 0.1) is 5.92 Å². The highest BCUT2D eigenvalue weighted by molar-refractivity contribution is 7.91. The zero-order chi connectivity index (χ0) is 14.9. The van der Waals surface area contributed by atoms with Gasteiger partial charge in [0.15, 0.2) is 15.7 Å². The molecule has 8 heteroatoms. The third-order valence-corrected chi connectivity index (χ3v) is 5.74. The molecule has 1 amide bonds. The van der Waals surface area contributed by atoms with E-state index in [1.165, 1.54) is 0 Å². The van der Waals surface area contributed by atoms with Crippen molar-refractivity contribution >= 4 is 27.4 Å². The van der Waals surface area contributed by atoms with Crippen molar-refractivity contribution in [1.82, 2.24) is 10.2 Å². The Morgan fingerprint density at radius 2 is 1.86 bits per heavy atom. The fraction of sp³-hybridized carbons (Fsp3) is 0.615. The second-order valence-corrected chi connectivity index (χ2v) is 7.89. The van der Waals surface area contributed by atoms with Crippen molar-refractivity contribution < 1.29 is 13.2 Å². The first-order chi connectivity index (χ1) is 10.0. The number of amides is 1. The maximum absolute atomic E-state index is 11.8. The number of nitrogens with zero attached hydrogens (tertiary/aromatic N) is 2. The van der Waals surface area contributed by atoms with Crippen LogP contribution in [0.4, 0.5) is 11.6 Å². The summed E-state index contributed by atoms with van der Waals surface area (Å²) in [5, 5.41) is 13.7.